The number of hydrogen-bond acceptors (Lipinski definition) is 4. The van der Waals surface area contributed by atoms with Crippen LogP contribution in [0.25, 0.3) is 0 Å². The van der Waals surface area contributed by atoms with Gasteiger partial charge in [0, 0.05) is 26.1 Å². The lowest BCUT2D eigenvalue weighted by Crippen LogP contribution is -2.48. The quantitative estimate of drug-likeness (QED) is 0.781. The zero-order valence-electron chi connectivity index (χ0n) is 15.3. The maximum Gasteiger partial charge on any atom is 0.242 e. The summed E-state index contributed by atoms with van der Waals surface area (Å²) in [5, 5.41) is 2.91. The van der Waals surface area contributed by atoms with Crippen molar-refractivity contribution >= 4 is 11.8 Å². The van der Waals surface area contributed by atoms with Crippen molar-refractivity contribution in [2.24, 2.45) is 0 Å². The minimum Gasteiger partial charge on any atom is -0.497 e. The first-order valence-electron chi connectivity index (χ1n) is 8.86. The predicted octanol–water partition coefficient (Wildman–Crippen LogP) is 2.12. The van der Waals surface area contributed by atoms with Gasteiger partial charge in [0.2, 0.25) is 11.8 Å². The Morgan fingerprint density at radius 1 is 1.36 bits per heavy atom. The number of carbonyl (C=O) groups is 2. The molecule has 0 aliphatic carbocycles. The normalized spacial score (nSPS) is 17.8. The highest BCUT2D eigenvalue weighted by Gasteiger charge is 2.26. The number of nitrogens with zero attached hydrogens (tertiary/aromatic N) is 1. The fraction of sp³-hybridized carbons (Fsp3) is 0.579. The molecule has 0 saturated carbocycles. The Morgan fingerprint density at radius 3 is 2.64 bits per heavy atom. The molecule has 1 heterocycles. The van der Waals surface area contributed by atoms with Gasteiger partial charge >= 0.3 is 0 Å². The number of methoxy groups -OCH3 is 1. The molecule has 2 unspecified atom stereocenters. The van der Waals surface area contributed by atoms with E-state index in [1.807, 2.05) is 24.3 Å². The second-order valence-electron chi connectivity index (χ2n) is 6.28. The van der Waals surface area contributed by atoms with E-state index >= 15 is 0 Å². The number of hydrogen-bond donors (Lipinski definition) is 1. The monoisotopic (exact) mass is 348 g/mol. The lowest BCUT2D eigenvalue weighted by Gasteiger charge is -2.28. The van der Waals surface area contributed by atoms with Gasteiger partial charge in [-0.2, -0.15) is 0 Å². The first-order chi connectivity index (χ1) is 12.0. The Bertz CT molecular complexity index is 567. The molecule has 138 valence electrons. The number of ether oxygens (including phenoxy) is 2. The average Bonchev–Trinajstić information content (AvgIpc) is 3.17. The molecule has 1 saturated heterocycles. The van der Waals surface area contributed by atoms with Crippen LogP contribution in [0.4, 0.5) is 0 Å². The van der Waals surface area contributed by atoms with Crippen molar-refractivity contribution in [3.8, 4) is 5.75 Å². The Hall–Kier alpha value is -2.08. The van der Waals surface area contributed by atoms with Crippen LogP contribution >= 0.6 is 0 Å². The summed E-state index contributed by atoms with van der Waals surface area (Å²) in [6.07, 6.45) is 2.46. The van der Waals surface area contributed by atoms with E-state index in [1.165, 1.54) is 0 Å². The molecule has 1 aliphatic rings. The number of benzene rings is 1. The van der Waals surface area contributed by atoms with Crippen LogP contribution < -0.4 is 10.1 Å². The average molecular weight is 348 g/mol. The summed E-state index contributed by atoms with van der Waals surface area (Å²) in [6.45, 7) is 5.22. The minimum atomic E-state index is -0.532. The van der Waals surface area contributed by atoms with Crippen LogP contribution in [-0.4, -0.2) is 49.1 Å². The van der Waals surface area contributed by atoms with Gasteiger partial charge in [-0.3, -0.25) is 9.59 Å². The molecule has 6 heteroatoms. The van der Waals surface area contributed by atoms with Crippen LogP contribution in [0.3, 0.4) is 0 Å². The first kappa shape index (κ1) is 19.2. The Labute approximate surface area is 149 Å². The highest BCUT2D eigenvalue weighted by molar-refractivity contribution is 5.87. The molecule has 0 spiro atoms. The van der Waals surface area contributed by atoms with Gasteiger partial charge in [-0.05, 0) is 37.5 Å². The molecule has 0 aromatic heterocycles. The number of nitrogens with one attached hydrogen (secondary N) is 1. The molecule has 0 bridgehead atoms. The maximum atomic E-state index is 12.5. The smallest absolute Gasteiger partial charge is 0.242 e. The third-order valence-corrected chi connectivity index (χ3v) is 4.51. The van der Waals surface area contributed by atoms with E-state index in [0.29, 0.717) is 19.5 Å². The van der Waals surface area contributed by atoms with Crippen LogP contribution in [0.15, 0.2) is 24.3 Å². The molecule has 1 N–H and O–H groups in total. The van der Waals surface area contributed by atoms with E-state index in [9.17, 15) is 9.59 Å². The molecule has 1 aliphatic heterocycles. The molecule has 1 fully saturated rings. The third kappa shape index (κ3) is 5.46. The first-order valence-corrected chi connectivity index (χ1v) is 8.86. The Morgan fingerprint density at radius 2 is 2.08 bits per heavy atom. The van der Waals surface area contributed by atoms with Crippen molar-refractivity contribution < 1.29 is 19.1 Å². The second kappa shape index (κ2) is 9.42. The van der Waals surface area contributed by atoms with Gasteiger partial charge in [0.1, 0.15) is 11.8 Å². The summed E-state index contributed by atoms with van der Waals surface area (Å²) < 4.78 is 10.7. The highest BCUT2D eigenvalue weighted by Crippen LogP contribution is 2.16. The topological polar surface area (TPSA) is 67.9 Å². The fourth-order valence-corrected chi connectivity index (χ4v) is 2.88. The summed E-state index contributed by atoms with van der Waals surface area (Å²) in [4.78, 5) is 26.4. The van der Waals surface area contributed by atoms with Crippen molar-refractivity contribution in [1.29, 1.82) is 0 Å². The summed E-state index contributed by atoms with van der Waals surface area (Å²) in [7, 11) is 1.61. The number of rotatable bonds is 8. The Balaban J connectivity index is 1.98. The summed E-state index contributed by atoms with van der Waals surface area (Å²) >= 11 is 0. The second-order valence-corrected chi connectivity index (χ2v) is 6.28. The van der Waals surface area contributed by atoms with Crippen molar-refractivity contribution in [3.05, 3.63) is 29.8 Å². The number of amides is 2. The predicted molar refractivity (Wildman–Crippen MR) is 95.3 cm³/mol. The van der Waals surface area contributed by atoms with E-state index < -0.39 is 6.04 Å². The van der Waals surface area contributed by atoms with E-state index in [1.54, 1.807) is 25.9 Å². The fourth-order valence-electron chi connectivity index (χ4n) is 2.88. The summed E-state index contributed by atoms with van der Waals surface area (Å²) in [5.41, 5.74) is 0.960. The van der Waals surface area contributed by atoms with Gasteiger partial charge in [0.15, 0.2) is 0 Å². The van der Waals surface area contributed by atoms with Crippen molar-refractivity contribution in [3.63, 3.8) is 0 Å². The maximum absolute atomic E-state index is 12.5. The molecule has 25 heavy (non-hydrogen) atoms. The van der Waals surface area contributed by atoms with Crippen molar-refractivity contribution in [2.45, 2.75) is 51.8 Å². The lowest BCUT2D eigenvalue weighted by molar-refractivity contribution is -0.140. The van der Waals surface area contributed by atoms with Crippen LogP contribution in [0, 0.1) is 0 Å². The van der Waals surface area contributed by atoms with Crippen molar-refractivity contribution in [1.82, 2.24) is 10.2 Å². The summed E-state index contributed by atoms with van der Waals surface area (Å²) in [5.74, 6) is 0.570. The third-order valence-electron chi connectivity index (χ3n) is 4.51. The largest absolute Gasteiger partial charge is 0.497 e. The van der Waals surface area contributed by atoms with E-state index in [4.69, 9.17) is 9.47 Å². The zero-order chi connectivity index (χ0) is 18.2. The van der Waals surface area contributed by atoms with Crippen LogP contribution in [0.2, 0.25) is 0 Å². The van der Waals surface area contributed by atoms with E-state index in [0.717, 1.165) is 30.8 Å². The van der Waals surface area contributed by atoms with E-state index in [2.05, 4.69) is 5.32 Å². The molecule has 6 nitrogen and oxygen atoms in total. The molecule has 2 atom stereocenters. The van der Waals surface area contributed by atoms with Gasteiger partial charge < -0.3 is 19.7 Å². The molecule has 2 rings (SSSR count). The van der Waals surface area contributed by atoms with Gasteiger partial charge in [0.25, 0.3) is 0 Å². The zero-order valence-corrected chi connectivity index (χ0v) is 15.3. The Kier molecular flexibility index (Phi) is 7.25. The van der Waals surface area contributed by atoms with Crippen LogP contribution in [0.5, 0.6) is 5.75 Å². The lowest BCUT2D eigenvalue weighted by atomic mass is 10.1. The van der Waals surface area contributed by atoms with Gasteiger partial charge in [0.05, 0.1) is 13.2 Å². The summed E-state index contributed by atoms with van der Waals surface area (Å²) in [6, 6.07) is 6.99. The number of carbonyl (C=O) groups excluding carboxylic acids is 2. The van der Waals surface area contributed by atoms with E-state index in [-0.39, 0.29) is 17.9 Å². The molecular weight excluding hydrogens is 320 g/mol. The SMILES string of the molecule is CCC(=O)N(Cc1ccc(OC)cc1)C(C)C(=O)NCC1CCCO1. The highest BCUT2D eigenvalue weighted by atomic mass is 16.5. The molecule has 2 amide bonds. The van der Waals surface area contributed by atoms with Gasteiger partial charge in [-0.25, -0.2) is 0 Å². The molecule has 1 aromatic carbocycles. The van der Waals surface area contributed by atoms with Crippen LogP contribution in [0.1, 0.15) is 38.7 Å². The standard InChI is InChI=1S/C19H28N2O4/c1-4-18(22)21(13-15-7-9-16(24-3)10-8-15)14(2)19(23)20-12-17-6-5-11-25-17/h7-10,14,17H,4-6,11-13H2,1-3H3,(H,20,23). The molecular formula is C19H28N2O4. The molecule has 0 radical (unpaired) electrons. The van der Waals surface area contributed by atoms with Gasteiger partial charge in [-0.1, -0.05) is 19.1 Å². The van der Waals surface area contributed by atoms with Crippen LogP contribution in [-0.2, 0) is 20.9 Å². The molecule has 1 aromatic rings. The van der Waals surface area contributed by atoms with Gasteiger partial charge in [-0.15, -0.1) is 0 Å². The minimum absolute atomic E-state index is 0.0458. The van der Waals surface area contributed by atoms with Crippen molar-refractivity contribution in [2.75, 3.05) is 20.3 Å².